The van der Waals surface area contributed by atoms with E-state index in [2.05, 4.69) is 26.5 Å². The number of hydrogen-bond donors (Lipinski definition) is 2. The second-order valence-electron chi connectivity index (χ2n) is 5.01. The third kappa shape index (κ3) is 3.74. The fourth-order valence-corrected chi connectivity index (χ4v) is 2.43. The maximum Gasteiger partial charge on any atom is 0.227 e. The zero-order valence-electron chi connectivity index (χ0n) is 12.9. The van der Waals surface area contributed by atoms with Crippen LogP contribution in [0, 0.1) is 11.3 Å². The highest BCUT2D eigenvalue weighted by molar-refractivity contribution is 6.35. The molecule has 1 heterocycles. The van der Waals surface area contributed by atoms with E-state index in [1.54, 1.807) is 60.8 Å². The minimum atomic E-state index is 0.246. The molecule has 2 N–H and O–H groups in total. The van der Waals surface area contributed by atoms with Crippen molar-refractivity contribution >= 4 is 28.9 Å². The molecule has 3 aromatic rings. The van der Waals surface area contributed by atoms with Gasteiger partial charge in [-0.2, -0.15) is 5.26 Å². The van der Waals surface area contributed by atoms with Crippen LogP contribution in [0.15, 0.2) is 65.9 Å². The molecule has 122 valence electrons. The molecule has 0 aliphatic heterocycles. The minimum Gasteiger partial charge on any atom is -0.410 e. The largest absolute Gasteiger partial charge is 0.410 e. The summed E-state index contributed by atoms with van der Waals surface area (Å²) in [6.45, 7) is 0. The van der Waals surface area contributed by atoms with Gasteiger partial charge < -0.3 is 10.5 Å². The van der Waals surface area contributed by atoms with Crippen molar-refractivity contribution in [3.05, 3.63) is 82.6 Å². The monoisotopic (exact) mass is 349 g/mol. The molecule has 3 rings (SSSR count). The molecule has 0 spiro atoms. The van der Waals surface area contributed by atoms with Crippen molar-refractivity contribution in [1.82, 2.24) is 9.97 Å². The lowest BCUT2D eigenvalue weighted by Gasteiger charge is -2.09. The standard InChI is InChI=1S/C18H12ClN5O/c19-15-4-2-1-3-14(15)17(24-25)16-9-10-21-18(23-16)22-13-7-5-12(11-20)6-8-13/h1-10,25H,(H,21,22,23)/b24-17+. The van der Waals surface area contributed by atoms with Crippen LogP contribution in [0.1, 0.15) is 16.8 Å². The van der Waals surface area contributed by atoms with Crippen LogP contribution in [0.5, 0.6) is 0 Å². The Bertz CT molecular complexity index is 964. The lowest BCUT2D eigenvalue weighted by atomic mass is 10.1. The smallest absolute Gasteiger partial charge is 0.227 e. The molecule has 0 unspecified atom stereocenters. The predicted octanol–water partition coefficient (Wildman–Crippen LogP) is 3.97. The summed E-state index contributed by atoms with van der Waals surface area (Å²) in [5.74, 6) is 0.329. The van der Waals surface area contributed by atoms with E-state index in [1.165, 1.54) is 0 Å². The quantitative estimate of drug-likeness (QED) is 0.422. The number of halogens is 1. The van der Waals surface area contributed by atoms with E-state index < -0.39 is 0 Å². The Labute approximate surface area is 149 Å². The van der Waals surface area contributed by atoms with Crippen molar-refractivity contribution in [3.8, 4) is 6.07 Å². The van der Waals surface area contributed by atoms with Crippen molar-refractivity contribution in [2.75, 3.05) is 5.32 Å². The van der Waals surface area contributed by atoms with Crippen molar-refractivity contribution in [2.24, 2.45) is 5.16 Å². The molecule has 0 aliphatic carbocycles. The van der Waals surface area contributed by atoms with Gasteiger partial charge in [-0.15, -0.1) is 0 Å². The van der Waals surface area contributed by atoms with E-state index in [9.17, 15) is 5.21 Å². The highest BCUT2D eigenvalue weighted by Gasteiger charge is 2.13. The summed E-state index contributed by atoms with van der Waals surface area (Å²) in [6.07, 6.45) is 1.55. The normalized spacial score (nSPS) is 11.0. The molecule has 0 fully saturated rings. The lowest BCUT2D eigenvalue weighted by molar-refractivity contribution is 0.319. The Kier molecular flexibility index (Phi) is 4.88. The van der Waals surface area contributed by atoms with Crippen LogP contribution < -0.4 is 5.32 Å². The molecule has 1 aromatic heterocycles. The van der Waals surface area contributed by atoms with Crippen LogP contribution >= 0.6 is 11.6 Å². The van der Waals surface area contributed by atoms with Crippen LogP contribution in [-0.2, 0) is 0 Å². The Balaban J connectivity index is 1.90. The molecule has 7 heteroatoms. The fourth-order valence-electron chi connectivity index (χ4n) is 2.20. The van der Waals surface area contributed by atoms with E-state index in [0.717, 1.165) is 5.69 Å². The average molecular weight is 350 g/mol. The minimum absolute atomic E-state index is 0.246. The molecule has 0 radical (unpaired) electrons. The molecule has 2 aromatic carbocycles. The van der Waals surface area contributed by atoms with Gasteiger partial charge in [0, 0.05) is 17.4 Å². The van der Waals surface area contributed by atoms with E-state index in [-0.39, 0.29) is 5.71 Å². The van der Waals surface area contributed by atoms with Crippen LogP contribution in [0.3, 0.4) is 0 Å². The van der Waals surface area contributed by atoms with E-state index in [1.807, 2.05) is 0 Å². The number of nitrogens with one attached hydrogen (secondary N) is 1. The topological polar surface area (TPSA) is 94.2 Å². The zero-order chi connectivity index (χ0) is 17.6. The molecule has 0 bridgehead atoms. The van der Waals surface area contributed by atoms with Crippen molar-refractivity contribution in [1.29, 1.82) is 5.26 Å². The molecule has 25 heavy (non-hydrogen) atoms. The Morgan fingerprint density at radius 1 is 1.12 bits per heavy atom. The van der Waals surface area contributed by atoms with Crippen LogP contribution in [0.2, 0.25) is 5.02 Å². The lowest BCUT2D eigenvalue weighted by Crippen LogP contribution is -2.09. The molecule has 0 saturated heterocycles. The first-order chi connectivity index (χ1) is 12.2. The van der Waals surface area contributed by atoms with Gasteiger partial charge in [-0.3, -0.25) is 0 Å². The van der Waals surface area contributed by atoms with Gasteiger partial charge in [0.15, 0.2) is 0 Å². The van der Waals surface area contributed by atoms with Crippen LogP contribution in [0.4, 0.5) is 11.6 Å². The summed E-state index contributed by atoms with van der Waals surface area (Å²) < 4.78 is 0. The first-order valence-corrected chi connectivity index (χ1v) is 7.66. The Morgan fingerprint density at radius 2 is 1.88 bits per heavy atom. The second kappa shape index (κ2) is 7.43. The van der Waals surface area contributed by atoms with Crippen molar-refractivity contribution in [2.45, 2.75) is 0 Å². The van der Waals surface area contributed by atoms with Gasteiger partial charge in [-0.25, -0.2) is 9.97 Å². The highest BCUT2D eigenvalue weighted by atomic mass is 35.5. The molecular weight excluding hydrogens is 338 g/mol. The number of nitriles is 1. The summed E-state index contributed by atoms with van der Waals surface area (Å²) in [4.78, 5) is 8.52. The number of aromatic nitrogens is 2. The highest BCUT2D eigenvalue weighted by Crippen LogP contribution is 2.20. The third-order valence-electron chi connectivity index (χ3n) is 3.40. The third-order valence-corrected chi connectivity index (χ3v) is 3.73. The average Bonchev–Trinajstić information content (AvgIpc) is 2.65. The maximum absolute atomic E-state index is 9.41. The summed E-state index contributed by atoms with van der Waals surface area (Å²) >= 11 is 6.17. The van der Waals surface area contributed by atoms with E-state index >= 15 is 0 Å². The number of rotatable bonds is 4. The number of hydrogen-bond acceptors (Lipinski definition) is 6. The first-order valence-electron chi connectivity index (χ1n) is 7.29. The number of oxime groups is 1. The Hall–Kier alpha value is -3.43. The van der Waals surface area contributed by atoms with Crippen molar-refractivity contribution in [3.63, 3.8) is 0 Å². The summed E-state index contributed by atoms with van der Waals surface area (Å²) in [5.41, 5.74) is 2.53. The first kappa shape index (κ1) is 16.4. The maximum atomic E-state index is 9.41. The van der Waals surface area contributed by atoms with Gasteiger partial charge in [-0.1, -0.05) is 35.0 Å². The number of benzene rings is 2. The van der Waals surface area contributed by atoms with Gasteiger partial charge in [0.25, 0.3) is 0 Å². The van der Waals surface area contributed by atoms with Crippen molar-refractivity contribution < 1.29 is 5.21 Å². The number of anilines is 2. The predicted molar refractivity (Wildman–Crippen MR) is 95.3 cm³/mol. The molecule has 0 amide bonds. The number of nitrogens with zero attached hydrogens (tertiary/aromatic N) is 4. The van der Waals surface area contributed by atoms with Gasteiger partial charge in [0.05, 0.1) is 22.3 Å². The molecule has 0 aliphatic rings. The fraction of sp³-hybridized carbons (Fsp3) is 0. The molecular formula is C18H12ClN5O. The zero-order valence-corrected chi connectivity index (χ0v) is 13.6. The summed E-state index contributed by atoms with van der Waals surface area (Å²) in [6, 6.07) is 17.6. The van der Waals surface area contributed by atoms with Gasteiger partial charge in [0.2, 0.25) is 5.95 Å². The molecule has 0 atom stereocenters. The van der Waals surface area contributed by atoms with Gasteiger partial charge >= 0.3 is 0 Å². The van der Waals surface area contributed by atoms with E-state index in [0.29, 0.717) is 27.8 Å². The molecule has 0 saturated carbocycles. The second-order valence-corrected chi connectivity index (χ2v) is 5.42. The summed E-state index contributed by atoms with van der Waals surface area (Å²) in [5, 5.41) is 25.1. The van der Waals surface area contributed by atoms with E-state index in [4.69, 9.17) is 16.9 Å². The molecule has 6 nitrogen and oxygen atoms in total. The van der Waals surface area contributed by atoms with Gasteiger partial charge in [0.1, 0.15) is 5.71 Å². The Morgan fingerprint density at radius 3 is 2.56 bits per heavy atom. The summed E-state index contributed by atoms with van der Waals surface area (Å²) in [7, 11) is 0. The van der Waals surface area contributed by atoms with Crippen LogP contribution in [-0.4, -0.2) is 20.9 Å². The van der Waals surface area contributed by atoms with Crippen LogP contribution in [0.25, 0.3) is 0 Å². The van der Waals surface area contributed by atoms with Gasteiger partial charge in [-0.05, 0) is 36.4 Å². The SMILES string of the molecule is N#Cc1ccc(Nc2nccc(/C(=N/O)c3ccccc3Cl)n2)cc1.